The van der Waals surface area contributed by atoms with Gasteiger partial charge in [0.05, 0.1) is 35.8 Å². The molecule has 1 aromatic heterocycles. The molecule has 1 atom stereocenters. The fourth-order valence-corrected chi connectivity index (χ4v) is 10.8. The summed E-state index contributed by atoms with van der Waals surface area (Å²) < 4.78 is 46.9. The maximum absolute atomic E-state index is 15.1. The smallest absolute Gasteiger partial charge is 0.316 e. The molecule has 0 spiro atoms. The molecule has 0 saturated carbocycles. The summed E-state index contributed by atoms with van der Waals surface area (Å²) >= 11 is 2.35. The Balaban J connectivity index is 1.99. The zero-order valence-corrected chi connectivity index (χ0v) is 26.2. The van der Waals surface area contributed by atoms with E-state index in [0.717, 1.165) is 23.2 Å². The highest BCUT2D eigenvalue weighted by atomic mass is 32.3. The molecule has 0 aliphatic rings. The highest BCUT2D eigenvalue weighted by Gasteiger charge is 2.28. The number of urea groups is 1. The van der Waals surface area contributed by atoms with Crippen LogP contribution < -0.4 is 28.3 Å². The van der Waals surface area contributed by atoms with E-state index in [9.17, 15) is 13.2 Å². The largest absolute Gasteiger partial charge is 0.398 e. The van der Waals surface area contributed by atoms with Crippen LogP contribution in [0.1, 0.15) is 10.4 Å². The van der Waals surface area contributed by atoms with Gasteiger partial charge in [-0.2, -0.15) is 8.42 Å². The lowest BCUT2D eigenvalue weighted by molar-refractivity contribution is 0.259. The predicted octanol–water partition coefficient (Wildman–Crippen LogP) is 4.70. The van der Waals surface area contributed by atoms with Crippen molar-refractivity contribution in [3.63, 3.8) is 0 Å². The van der Waals surface area contributed by atoms with Crippen LogP contribution in [0.25, 0.3) is 11.1 Å². The molecule has 0 aliphatic carbocycles. The average Bonchev–Trinajstić information content (AvgIpc) is 3.39. The van der Waals surface area contributed by atoms with Crippen molar-refractivity contribution in [1.82, 2.24) is 0 Å². The fourth-order valence-electron chi connectivity index (χ4n) is 4.24. The van der Waals surface area contributed by atoms with Gasteiger partial charge in [-0.3, -0.25) is 5.41 Å². The topological polar surface area (TPSA) is 233 Å². The molecule has 1 unspecified atom stereocenters. The Bertz CT molecular complexity index is 1970. The van der Waals surface area contributed by atoms with Crippen LogP contribution in [0.2, 0.25) is 0 Å². The average molecular weight is 657 g/mol. The minimum atomic E-state index is -4.54. The molecule has 0 fully saturated rings. The van der Waals surface area contributed by atoms with E-state index < -0.39 is 25.8 Å². The predicted molar refractivity (Wildman–Crippen MR) is 174 cm³/mol. The number of amides is 2. The van der Waals surface area contributed by atoms with Crippen molar-refractivity contribution in [2.24, 2.45) is 26.0 Å². The number of amidine groups is 1. The molecular weight excluding hydrogens is 629 g/mol. The molecule has 1 heterocycles. The Morgan fingerprint density at radius 3 is 2.30 bits per heavy atom. The van der Waals surface area contributed by atoms with Crippen LogP contribution in [0.15, 0.2) is 94.4 Å². The maximum atomic E-state index is 15.1. The van der Waals surface area contributed by atoms with E-state index in [4.69, 9.17) is 28.3 Å². The number of nitrogens with two attached hydrogens (primary N) is 4. The van der Waals surface area contributed by atoms with E-state index in [1.54, 1.807) is 36.6 Å². The quantitative estimate of drug-likeness (QED) is 0.0638. The fraction of sp³-hybridized carbons (Fsp3) is 0.0741. The van der Waals surface area contributed by atoms with Crippen LogP contribution in [0.5, 0.6) is 0 Å². The van der Waals surface area contributed by atoms with E-state index in [1.807, 2.05) is 6.92 Å². The molecule has 4 aromatic rings. The second-order valence-electron chi connectivity index (χ2n) is 9.00. The summed E-state index contributed by atoms with van der Waals surface area (Å²) in [7, 11) is -8.44. The zero-order valence-electron chi connectivity index (χ0n) is 22.9. The molecule has 224 valence electrons. The molecule has 0 bridgehead atoms. The highest BCUT2D eigenvalue weighted by Crippen LogP contribution is 2.41. The third-order valence-electron chi connectivity index (χ3n) is 6.05. The van der Waals surface area contributed by atoms with Crippen molar-refractivity contribution in [1.29, 1.82) is 5.41 Å². The third kappa shape index (κ3) is 6.67. The second-order valence-corrected chi connectivity index (χ2v) is 15.1. The summed E-state index contributed by atoms with van der Waals surface area (Å²) in [6.07, 6.45) is 2.90. The lowest BCUT2D eigenvalue weighted by Gasteiger charge is -2.15. The number of anilines is 2. The summed E-state index contributed by atoms with van der Waals surface area (Å²) in [6.45, 7) is 1.83. The standard InChI is InChI=1S/C27H28N8O4S4/c1-15-10-18(33-14-28)12-21(29)24(15)16-4-3-5-20(11-16)42(37,23-13-22(25(30)31)41-26(23)40-2)35-43(38,39)19-8-6-17(7-9-19)34-27(32)36/h3-14H,29H2,1-2H3,(H2,28,33)(H3,30,31)(H3,32,34,36). The van der Waals surface area contributed by atoms with Crippen LogP contribution in [-0.2, 0) is 19.8 Å². The number of nitrogens with one attached hydrogen (secondary N) is 2. The van der Waals surface area contributed by atoms with Gasteiger partial charge in [-0.15, -0.1) is 23.1 Å². The number of nitrogens with zero attached hydrogens (tertiary/aromatic N) is 2. The lowest BCUT2D eigenvalue weighted by Crippen LogP contribution is -2.19. The number of thiophene rings is 1. The number of aliphatic imine (C=N–C) groups is 1. The van der Waals surface area contributed by atoms with Gasteiger partial charge in [-0.1, -0.05) is 15.9 Å². The molecule has 12 nitrogen and oxygen atoms in total. The van der Waals surface area contributed by atoms with Crippen LogP contribution in [-0.4, -0.2) is 37.1 Å². The number of carbonyl (C=O) groups excluding carboxylic acids is 1. The number of aryl methyl sites for hydroxylation is 1. The Morgan fingerprint density at radius 2 is 1.72 bits per heavy atom. The van der Waals surface area contributed by atoms with Crippen LogP contribution in [0.3, 0.4) is 0 Å². The first-order valence-corrected chi connectivity index (χ1v) is 17.3. The molecule has 0 radical (unpaired) electrons. The minimum Gasteiger partial charge on any atom is -0.398 e. The van der Waals surface area contributed by atoms with Gasteiger partial charge in [0.1, 0.15) is 15.6 Å². The molecule has 3 aromatic carbocycles. The monoisotopic (exact) mass is 656 g/mol. The summed E-state index contributed by atoms with van der Waals surface area (Å²) in [5.74, 6) is -0.258. The SMILES string of the molecule is CSc1sc(C(=N)N)cc1S(=O)(=NS(=O)(=O)c1ccc(NC(N)=O)cc1)c1cccc(-c2c(C)cc(N=CN)cc2N)c1. The van der Waals surface area contributed by atoms with Crippen molar-refractivity contribution in [3.8, 4) is 11.1 Å². The highest BCUT2D eigenvalue weighted by molar-refractivity contribution is 8.05. The van der Waals surface area contributed by atoms with E-state index >= 15 is 4.21 Å². The normalized spacial score (nSPS) is 13.0. The van der Waals surface area contributed by atoms with Gasteiger partial charge in [0.2, 0.25) is 0 Å². The molecule has 0 saturated heterocycles. The summed E-state index contributed by atoms with van der Waals surface area (Å²) in [5, 5.41) is 10.3. The van der Waals surface area contributed by atoms with Gasteiger partial charge in [0.25, 0.3) is 10.0 Å². The Labute approximate surface area is 257 Å². The Hall–Kier alpha value is -4.38. The number of carbonyl (C=O) groups is 1. The van der Waals surface area contributed by atoms with E-state index in [0.29, 0.717) is 31.6 Å². The van der Waals surface area contributed by atoms with Gasteiger partial charge in [-0.25, -0.2) is 14.0 Å². The Kier molecular flexibility index (Phi) is 9.15. The summed E-state index contributed by atoms with van der Waals surface area (Å²) in [4.78, 5) is 15.5. The van der Waals surface area contributed by atoms with E-state index in [-0.39, 0.29) is 26.2 Å². The number of rotatable bonds is 9. The van der Waals surface area contributed by atoms with Crippen molar-refractivity contribution in [2.75, 3.05) is 17.3 Å². The van der Waals surface area contributed by atoms with Crippen molar-refractivity contribution >= 4 is 78.1 Å². The zero-order chi connectivity index (χ0) is 31.5. The van der Waals surface area contributed by atoms with Gasteiger partial charge in [0, 0.05) is 16.9 Å². The molecule has 43 heavy (non-hydrogen) atoms. The summed E-state index contributed by atoms with van der Waals surface area (Å²) in [6, 6.07) is 15.7. The number of hydrogen-bond acceptors (Lipinski definition) is 9. The van der Waals surface area contributed by atoms with E-state index in [2.05, 4.69) is 14.1 Å². The first kappa shape index (κ1) is 31.6. The van der Waals surface area contributed by atoms with Gasteiger partial charge in [-0.05, 0) is 78.9 Å². The molecule has 10 N–H and O–H groups in total. The first-order chi connectivity index (χ1) is 20.3. The van der Waals surface area contributed by atoms with Crippen LogP contribution in [0.4, 0.5) is 21.9 Å². The number of primary amides is 1. The van der Waals surface area contributed by atoms with Crippen LogP contribution >= 0.6 is 23.1 Å². The van der Waals surface area contributed by atoms with Crippen LogP contribution in [0, 0.1) is 12.3 Å². The van der Waals surface area contributed by atoms with Crippen molar-refractivity contribution < 1.29 is 17.4 Å². The number of benzene rings is 3. The molecule has 4 rings (SSSR count). The van der Waals surface area contributed by atoms with Crippen molar-refractivity contribution in [2.45, 2.75) is 25.8 Å². The first-order valence-electron chi connectivity index (χ1n) is 12.3. The van der Waals surface area contributed by atoms with Gasteiger partial charge in [0.15, 0.2) is 0 Å². The Morgan fingerprint density at radius 1 is 1.02 bits per heavy atom. The summed E-state index contributed by atoms with van der Waals surface area (Å²) in [5.41, 5.74) is 25.9. The van der Waals surface area contributed by atoms with Gasteiger partial charge < -0.3 is 28.3 Å². The van der Waals surface area contributed by atoms with E-state index in [1.165, 1.54) is 48.2 Å². The maximum Gasteiger partial charge on any atom is 0.316 e. The second kappa shape index (κ2) is 12.5. The number of nitrogen functional groups attached to an aromatic ring is 2. The number of sulfonamides is 1. The molecule has 0 aliphatic heterocycles. The molecule has 2 amide bonds. The lowest BCUT2D eigenvalue weighted by atomic mass is 9.98. The van der Waals surface area contributed by atoms with Crippen molar-refractivity contribution in [3.05, 3.63) is 77.2 Å². The molecule has 16 heteroatoms. The third-order valence-corrected chi connectivity index (χ3v) is 12.9. The minimum absolute atomic E-state index is 0.103. The van der Waals surface area contributed by atoms with Gasteiger partial charge >= 0.3 is 6.03 Å². The number of hydrogen-bond donors (Lipinski definition) is 6. The number of thioether (sulfide) groups is 1. The molecular formula is C27H28N8O4S4.